The zero-order valence-corrected chi connectivity index (χ0v) is 14.5. The number of aromatic nitrogens is 1. The van der Waals surface area contributed by atoms with E-state index in [0.717, 1.165) is 37.9 Å². The van der Waals surface area contributed by atoms with E-state index < -0.39 is 0 Å². The van der Waals surface area contributed by atoms with E-state index in [0.29, 0.717) is 24.6 Å². The van der Waals surface area contributed by atoms with E-state index in [1.165, 1.54) is 0 Å². The molecule has 2 aliphatic heterocycles. The second kappa shape index (κ2) is 7.21. The summed E-state index contributed by atoms with van der Waals surface area (Å²) >= 11 is 0. The van der Waals surface area contributed by atoms with Crippen LogP contribution >= 0.6 is 0 Å². The molecule has 7 nitrogen and oxygen atoms in total. The molecular formula is C18H24N4O3. The summed E-state index contributed by atoms with van der Waals surface area (Å²) in [4.78, 5) is 42.8. The number of rotatable bonds is 4. The topological polar surface area (TPSA) is 96.6 Å². The number of nitrogens with zero attached hydrogens (tertiary/aromatic N) is 3. The zero-order valence-electron chi connectivity index (χ0n) is 14.5. The number of carbonyl (C=O) groups is 3. The Labute approximate surface area is 147 Å². The molecule has 2 saturated heterocycles. The molecule has 0 saturated carbocycles. The summed E-state index contributed by atoms with van der Waals surface area (Å²) in [5, 5.41) is 0. The lowest BCUT2D eigenvalue weighted by Gasteiger charge is -2.37. The number of amides is 3. The summed E-state index contributed by atoms with van der Waals surface area (Å²) in [6, 6.07) is 1.87. The Morgan fingerprint density at radius 2 is 1.96 bits per heavy atom. The summed E-state index contributed by atoms with van der Waals surface area (Å²) in [7, 11) is 0. The molecule has 3 rings (SSSR count). The third kappa shape index (κ3) is 3.97. The number of likely N-dealkylation sites (tertiary alicyclic amines) is 2. The van der Waals surface area contributed by atoms with E-state index in [-0.39, 0.29) is 23.6 Å². The predicted molar refractivity (Wildman–Crippen MR) is 91.5 cm³/mol. The summed E-state index contributed by atoms with van der Waals surface area (Å²) in [5.41, 5.74) is 6.79. The minimum Gasteiger partial charge on any atom is -0.369 e. The largest absolute Gasteiger partial charge is 0.369 e. The Morgan fingerprint density at radius 1 is 1.20 bits per heavy atom. The zero-order chi connectivity index (χ0) is 18.0. The number of nitrogens with two attached hydrogens (primary N) is 1. The van der Waals surface area contributed by atoms with E-state index in [1.807, 2.05) is 11.0 Å². The van der Waals surface area contributed by atoms with Crippen molar-refractivity contribution >= 4 is 17.7 Å². The monoisotopic (exact) mass is 344 g/mol. The van der Waals surface area contributed by atoms with Gasteiger partial charge in [-0.05, 0) is 36.8 Å². The van der Waals surface area contributed by atoms with Crippen LogP contribution < -0.4 is 5.73 Å². The Kier molecular flexibility index (Phi) is 5.01. The molecular weight excluding hydrogens is 320 g/mol. The molecule has 25 heavy (non-hydrogen) atoms. The lowest BCUT2D eigenvalue weighted by Crippen LogP contribution is -2.54. The van der Waals surface area contributed by atoms with Crippen molar-refractivity contribution in [2.24, 2.45) is 17.6 Å². The maximum absolute atomic E-state index is 12.5. The molecule has 2 N–H and O–H groups in total. The Bertz CT molecular complexity index is 685. The number of pyridine rings is 1. The Hall–Kier alpha value is -2.44. The fraction of sp³-hybridized carbons (Fsp3) is 0.556. The molecule has 1 aromatic heterocycles. The Balaban J connectivity index is 1.61. The maximum Gasteiger partial charge on any atom is 0.255 e. The highest BCUT2D eigenvalue weighted by atomic mass is 16.2. The smallest absolute Gasteiger partial charge is 0.255 e. The number of hydrogen-bond donors (Lipinski definition) is 1. The second-order valence-corrected chi connectivity index (χ2v) is 7.07. The van der Waals surface area contributed by atoms with E-state index in [9.17, 15) is 14.4 Å². The van der Waals surface area contributed by atoms with E-state index in [1.54, 1.807) is 24.2 Å². The Morgan fingerprint density at radius 3 is 2.64 bits per heavy atom. The maximum atomic E-state index is 12.5. The van der Waals surface area contributed by atoms with Crippen LogP contribution in [0.5, 0.6) is 0 Å². The normalized spacial score (nSPS) is 20.9. The van der Waals surface area contributed by atoms with Gasteiger partial charge >= 0.3 is 0 Å². The van der Waals surface area contributed by atoms with Crippen molar-refractivity contribution in [3.05, 3.63) is 29.6 Å². The van der Waals surface area contributed by atoms with Crippen LogP contribution in [0.2, 0.25) is 0 Å². The molecule has 2 fully saturated rings. The minimum absolute atomic E-state index is 0.110. The van der Waals surface area contributed by atoms with Crippen LogP contribution in [-0.2, 0) is 16.0 Å². The minimum atomic E-state index is -0.358. The molecule has 0 aliphatic carbocycles. The standard InChI is InChI=1S/C18H24N4O3/c1-12(23)21-4-2-3-13(9-21)5-14-6-15(8-20-7-14)18(25)22-10-16(11-22)17(19)24/h6-8,13,16H,2-5,9-11H2,1H3,(H2,19,24)/t13-/m0/s1. The number of carbonyl (C=O) groups excluding carboxylic acids is 3. The van der Waals surface area contributed by atoms with Crippen molar-refractivity contribution in [2.75, 3.05) is 26.2 Å². The lowest BCUT2D eigenvalue weighted by molar-refractivity contribution is -0.130. The quantitative estimate of drug-likeness (QED) is 0.857. The molecule has 0 bridgehead atoms. The SMILES string of the molecule is CC(=O)N1CCC[C@@H](Cc2cncc(C(=O)N3CC(C(N)=O)C3)c2)C1. The van der Waals surface area contributed by atoms with Crippen LogP contribution in [0.1, 0.15) is 35.7 Å². The molecule has 0 radical (unpaired) electrons. The third-order valence-corrected chi connectivity index (χ3v) is 5.10. The van der Waals surface area contributed by atoms with Gasteiger partial charge in [0.05, 0.1) is 11.5 Å². The van der Waals surface area contributed by atoms with Crippen molar-refractivity contribution in [1.29, 1.82) is 0 Å². The summed E-state index contributed by atoms with van der Waals surface area (Å²) < 4.78 is 0. The van der Waals surface area contributed by atoms with Gasteiger partial charge in [-0.25, -0.2) is 0 Å². The van der Waals surface area contributed by atoms with Crippen LogP contribution in [0.4, 0.5) is 0 Å². The molecule has 0 aromatic carbocycles. The van der Waals surface area contributed by atoms with Crippen molar-refractivity contribution in [2.45, 2.75) is 26.2 Å². The van der Waals surface area contributed by atoms with E-state index >= 15 is 0 Å². The van der Waals surface area contributed by atoms with Crippen LogP contribution in [0.25, 0.3) is 0 Å². The average molecular weight is 344 g/mol. The summed E-state index contributed by atoms with van der Waals surface area (Å²) in [5.74, 6) is -0.189. The fourth-order valence-corrected chi connectivity index (χ4v) is 3.57. The van der Waals surface area contributed by atoms with Crippen LogP contribution in [0, 0.1) is 11.8 Å². The van der Waals surface area contributed by atoms with Gasteiger partial charge in [0.1, 0.15) is 0 Å². The molecule has 3 heterocycles. The van der Waals surface area contributed by atoms with Crippen LogP contribution in [0.3, 0.4) is 0 Å². The van der Waals surface area contributed by atoms with Crippen molar-refractivity contribution in [1.82, 2.24) is 14.8 Å². The van der Waals surface area contributed by atoms with Crippen molar-refractivity contribution < 1.29 is 14.4 Å². The van der Waals surface area contributed by atoms with E-state index in [4.69, 9.17) is 5.73 Å². The lowest BCUT2D eigenvalue weighted by atomic mass is 9.91. The predicted octanol–water partition coefficient (Wildman–Crippen LogP) is 0.440. The van der Waals surface area contributed by atoms with Crippen LogP contribution in [-0.4, -0.2) is 58.7 Å². The van der Waals surface area contributed by atoms with Gasteiger partial charge in [-0.3, -0.25) is 19.4 Å². The molecule has 3 amide bonds. The highest BCUT2D eigenvalue weighted by Crippen LogP contribution is 2.22. The highest BCUT2D eigenvalue weighted by molar-refractivity contribution is 5.95. The first-order valence-electron chi connectivity index (χ1n) is 8.72. The molecule has 2 aliphatic rings. The van der Waals surface area contributed by atoms with Crippen molar-refractivity contribution in [3.8, 4) is 0 Å². The first kappa shape index (κ1) is 17.4. The molecule has 134 valence electrons. The molecule has 1 atom stereocenters. The van der Waals surface area contributed by atoms with Gasteiger partial charge in [0.2, 0.25) is 11.8 Å². The number of piperidine rings is 1. The van der Waals surface area contributed by atoms with E-state index in [2.05, 4.69) is 4.98 Å². The van der Waals surface area contributed by atoms with Crippen molar-refractivity contribution in [3.63, 3.8) is 0 Å². The van der Waals surface area contributed by atoms with Gasteiger partial charge < -0.3 is 15.5 Å². The molecule has 0 spiro atoms. The van der Waals surface area contributed by atoms with Gasteiger partial charge in [0.25, 0.3) is 5.91 Å². The van der Waals surface area contributed by atoms with Crippen LogP contribution in [0.15, 0.2) is 18.5 Å². The van der Waals surface area contributed by atoms with Gasteiger partial charge in [0, 0.05) is 45.5 Å². The number of primary amides is 1. The summed E-state index contributed by atoms with van der Waals surface area (Å²) in [6.45, 7) is 3.97. The molecule has 1 aromatic rings. The van der Waals surface area contributed by atoms with Gasteiger partial charge in [-0.15, -0.1) is 0 Å². The van der Waals surface area contributed by atoms with Gasteiger partial charge in [0.15, 0.2) is 0 Å². The highest BCUT2D eigenvalue weighted by Gasteiger charge is 2.34. The fourth-order valence-electron chi connectivity index (χ4n) is 3.57. The molecule has 0 unspecified atom stereocenters. The van der Waals surface area contributed by atoms with Gasteiger partial charge in [-0.1, -0.05) is 0 Å². The third-order valence-electron chi connectivity index (χ3n) is 5.10. The molecule has 7 heteroatoms. The summed E-state index contributed by atoms with van der Waals surface area (Å²) in [6.07, 6.45) is 6.24. The second-order valence-electron chi connectivity index (χ2n) is 7.07. The first-order valence-corrected chi connectivity index (χ1v) is 8.72. The average Bonchev–Trinajstić information content (AvgIpc) is 2.53. The number of hydrogen-bond acceptors (Lipinski definition) is 4. The van der Waals surface area contributed by atoms with Gasteiger partial charge in [-0.2, -0.15) is 0 Å². The first-order chi connectivity index (χ1) is 11.9.